The van der Waals surface area contributed by atoms with E-state index >= 15 is 0 Å². The van der Waals surface area contributed by atoms with E-state index in [2.05, 4.69) is 16.4 Å². The number of anilines is 2. The van der Waals surface area contributed by atoms with Crippen LogP contribution in [-0.2, 0) is 6.54 Å². The van der Waals surface area contributed by atoms with Crippen LogP contribution in [0.2, 0.25) is 0 Å². The van der Waals surface area contributed by atoms with Gasteiger partial charge in [0.15, 0.2) is 0 Å². The maximum atomic E-state index is 13.9. The summed E-state index contributed by atoms with van der Waals surface area (Å²) in [5, 5.41) is 3.46. The summed E-state index contributed by atoms with van der Waals surface area (Å²) in [6.07, 6.45) is 4.43. The number of aromatic nitrogens is 1. The first-order valence-corrected chi connectivity index (χ1v) is 7.48. The smallest absolute Gasteiger partial charge is 0.146 e. The van der Waals surface area contributed by atoms with Crippen molar-refractivity contribution in [3.63, 3.8) is 0 Å². The summed E-state index contributed by atoms with van der Waals surface area (Å²) in [7, 11) is 0. The fraction of sp³-hybridized carbons (Fsp3) is 0.353. The average Bonchev–Trinajstić information content (AvgIpc) is 3.33. The minimum absolute atomic E-state index is 0.222. The molecule has 3 rings (SSSR count). The van der Waals surface area contributed by atoms with Gasteiger partial charge in [0, 0.05) is 25.3 Å². The summed E-state index contributed by atoms with van der Waals surface area (Å²) < 4.78 is 13.9. The SMILES string of the molecule is CCN(c1ccc(CNC2CC2)cn1)c1ccccc1F. The summed E-state index contributed by atoms with van der Waals surface area (Å²) >= 11 is 0. The van der Waals surface area contributed by atoms with Gasteiger partial charge in [-0.3, -0.25) is 0 Å². The Morgan fingerprint density at radius 2 is 2.05 bits per heavy atom. The monoisotopic (exact) mass is 285 g/mol. The normalized spacial score (nSPS) is 14.2. The third kappa shape index (κ3) is 3.39. The Hall–Kier alpha value is -1.94. The first-order chi connectivity index (χ1) is 10.3. The molecule has 2 aromatic rings. The van der Waals surface area contributed by atoms with Gasteiger partial charge in [-0.05, 0) is 43.5 Å². The van der Waals surface area contributed by atoms with Crippen molar-refractivity contribution < 1.29 is 4.39 Å². The third-order valence-corrected chi connectivity index (χ3v) is 3.72. The number of halogens is 1. The maximum absolute atomic E-state index is 13.9. The van der Waals surface area contributed by atoms with Crippen LogP contribution in [0.25, 0.3) is 0 Å². The van der Waals surface area contributed by atoms with Gasteiger partial charge in [0.2, 0.25) is 0 Å². The lowest BCUT2D eigenvalue weighted by Gasteiger charge is -2.22. The molecule has 110 valence electrons. The molecular formula is C17H20FN3. The van der Waals surface area contributed by atoms with Crippen molar-refractivity contribution in [1.82, 2.24) is 10.3 Å². The Morgan fingerprint density at radius 3 is 2.67 bits per heavy atom. The van der Waals surface area contributed by atoms with E-state index in [9.17, 15) is 4.39 Å². The summed E-state index contributed by atoms with van der Waals surface area (Å²) in [5.74, 6) is 0.554. The topological polar surface area (TPSA) is 28.2 Å². The highest BCUT2D eigenvalue weighted by atomic mass is 19.1. The molecule has 1 aliphatic rings. The molecule has 0 radical (unpaired) electrons. The first-order valence-electron chi connectivity index (χ1n) is 7.48. The van der Waals surface area contributed by atoms with Gasteiger partial charge in [0.05, 0.1) is 5.69 Å². The fourth-order valence-electron chi connectivity index (χ4n) is 2.36. The van der Waals surface area contributed by atoms with Gasteiger partial charge in [-0.2, -0.15) is 0 Å². The summed E-state index contributed by atoms with van der Waals surface area (Å²) in [6.45, 7) is 3.52. The van der Waals surface area contributed by atoms with Crippen LogP contribution in [0.15, 0.2) is 42.6 Å². The number of para-hydroxylation sites is 1. The van der Waals surface area contributed by atoms with Crippen LogP contribution in [0.4, 0.5) is 15.9 Å². The molecule has 1 N–H and O–H groups in total. The zero-order chi connectivity index (χ0) is 14.7. The van der Waals surface area contributed by atoms with Crippen molar-refractivity contribution in [3.05, 3.63) is 54.0 Å². The van der Waals surface area contributed by atoms with E-state index in [0.29, 0.717) is 18.3 Å². The molecule has 1 saturated carbocycles. The lowest BCUT2D eigenvalue weighted by Crippen LogP contribution is -2.19. The molecule has 1 aromatic heterocycles. The number of rotatable bonds is 6. The predicted molar refractivity (Wildman–Crippen MR) is 83.2 cm³/mol. The van der Waals surface area contributed by atoms with Crippen LogP contribution in [0.1, 0.15) is 25.3 Å². The van der Waals surface area contributed by atoms with E-state index in [1.54, 1.807) is 12.1 Å². The van der Waals surface area contributed by atoms with Crippen LogP contribution in [-0.4, -0.2) is 17.6 Å². The van der Waals surface area contributed by atoms with E-state index in [0.717, 1.165) is 17.9 Å². The molecule has 4 heteroatoms. The van der Waals surface area contributed by atoms with Crippen molar-refractivity contribution >= 4 is 11.5 Å². The quantitative estimate of drug-likeness (QED) is 0.878. The van der Waals surface area contributed by atoms with Crippen LogP contribution in [0.5, 0.6) is 0 Å². The Kier molecular flexibility index (Phi) is 4.15. The van der Waals surface area contributed by atoms with Gasteiger partial charge in [-0.25, -0.2) is 9.37 Å². The molecule has 0 aliphatic heterocycles. The highest BCUT2D eigenvalue weighted by Gasteiger charge is 2.20. The van der Waals surface area contributed by atoms with Crippen molar-refractivity contribution in [2.24, 2.45) is 0 Å². The van der Waals surface area contributed by atoms with Gasteiger partial charge in [-0.1, -0.05) is 18.2 Å². The van der Waals surface area contributed by atoms with Gasteiger partial charge < -0.3 is 10.2 Å². The first kappa shape index (κ1) is 14.0. The van der Waals surface area contributed by atoms with E-state index in [-0.39, 0.29) is 5.82 Å². The van der Waals surface area contributed by atoms with Crippen molar-refractivity contribution in [2.45, 2.75) is 32.4 Å². The molecule has 0 bridgehead atoms. The Balaban J connectivity index is 1.75. The lowest BCUT2D eigenvalue weighted by molar-refractivity contribution is 0.625. The van der Waals surface area contributed by atoms with E-state index < -0.39 is 0 Å². The second-order valence-corrected chi connectivity index (χ2v) is 5.38. The Labute approximate surface area is 124 Å². The van der Waals surface area contributed by atoms with Crippen molar-refractivity contribution in [1.29, 1.82) is 0 Å². The number of benzene rings is 1. The molecule has 0 unspecified atom stereocenters. The van der Waals surface area contributed by atoms with Gasteiger partial charge in [0.25, 0.3) is 0 Å². The maximum Gasteiger partial charge on any atom is 0.146 e. The summed E-state index contributed by atoms with van der Waals surface area (Å²) in [6, 6.07) is 11.5. The summed E-state index contributed by atoms with van der Waals surface area (Å²) in [4.78, 5) is 6.37. The van der Waals surface area contributed by atoms with Gasteiger partial charge >= 0.3 is 0 Å². The molecular weight excluding hydrogens is 265 g/mol. The molecule has 0 saturated heterocycles. The molecule has 21 heavy (non-hydrogen) atoms. The van der Waals surface area contributed by atoms with Gasteiger partial charge in [-0.15, -0.1) is 0 Å². The zero-order valence-electron chi connectivity index (χ0n) is 12.2. The second-order valence-electron chi connectivity index (χ2n) is 5.38. The highest BCUT2D eigenvalue weighted by molar-refractivity contribution is 5.60. The standard InChI is InChI=1S/C17H20FN3/c1-2-21(16-6-4-3-5-15(16)18)17-10-7-13(12-20-17)11-19-14-8-9-14/h3-7,10,12,14,19H,2,8-9,11H2,1H3. The van der Waals surface area contributed by atoms with Crippen molar-refractivity contribution in [2.75, 3.05) is 11.4 Å². The number of nitrogens with zero attached hydrogens (tertiary/aromatic N) is 2. The molecule has 1 aromatic carbocycles. The molecule has 1 aliphatic carbocycles. The minimum Gasteiger partial charge on any atom is -0.324 e. The minimum atomic E-state index is -0.222. The lowest BCUT2D eigenvalue weighted by atomic mass is 10.2. The van der Waals surface area contributed by atoms with Crippen LogP contribution in [0.3, 0.4) is 0 Å². The largest absolute Gasteiger partial charge is 0.324 e. The van der Waals surface area contributed by atoms with Gasteiger partial charge in [0.1, 0.15) is 11.6 Å². The van der Waals surface area contributed by atoms with Crippen LogP contribution in [0, 0.1) is 5.82 Å². The molecule has 1 fully saturated rings. The van der Waals surface area contributed by atoms with Crippen LogP contribution < -0.4 is 10.2 Å². The van der Waals surface area contributed by atoms with E-state index in [1.165, 1.54) is 18.9 Å². The number of hydrogen-bond donors (Lipinski definition) is 1. The number of nitrogens with one attached hydrogen (secondary N) is 1. The fourth-order valence-corrected chi connectivity index (χ4v) is 2.36. The Morgan fingerprint density at radius 1 is 1.24 bits per heavy atom. The number of pyridine rings is 1. The zero-order valence-corrected chi connectivity index (χ0v) is 12.2. The molecule has 0 spiro atoms. The van der Waals surface area contributed by atoms with E-state index in [1.807, 2.05) is 30.2 Å². The number of hydrogen-bond acceptors (Lipinski definition) is 3. The third-order valence-electron chi connectivity index (χ3n) is 3.72. The second kappa shape index (κ2) is 6.22. The highest BCUT2D eigenvalue weighted by Crippen LogP contribution is 2.26. The van der Waals surface area contributed by atoms with Crippen molar-refractivity contribution in [3.8, 4) is 0 Å². The molecule has 3 nitrogen and oxygen atoms in total. The van der Waals surface area contributed by atoms with Crippen LogP contribution >= 0.6 is 0 Å². The molecule has 1 heterocycles. The molecule has 0 atom stereocenters. The summed E-state index contributed by atoms with van der Waals surface area (Å²) in [5.41, 5.74) is 1.73. The van der Waals surface area contributed by atoms with E-state index in [4.69, 9.17) is 0 Å². The predicted octanol–water partition coefficient (Wildman–Crippen LogP) is 3.63. The average molecular weight is 285 g/mol. The Bertz CT molecular complexity index is 593. The molecule has 0 amide bonds.